The fraction of sp³-hybridized carbons (Fsp3) is 0.316. The molecule has 1 amide bonds. The molecule has 1 aliphatic rings. The van der Waals surface area contributed by atoms with Crippen LogP contribution >= 0.6 is 0 Å². The zero-order chi connectivity index (χ0) is 15.4. The summed E-state index contributed by atoms with van der Waals surface area (Å²) in [6.07, 6.45) is 2.41. The molecule has 0 radical (unpaired) electrons. The predicted molar refractivity (Wildman–Crippen MR) is 89.7 cm³/mol. The van der Waals surface area contributed by atoms with Gasteiger partial charge in [-0.05, 0) is 30.5 Å². The summed E-state index contributed by atoms with van der Waals surface area (Å²) in [6.45, 7) is 1.32. The van der Waals surface area contributed by atoms with Crippen LogP contribution in [0.15, 0.2) is 60.7 Å². The molecule has 0 unspecified atom stereocenters. The monoisotopic (exact) mass is 294 g/mol. The van der Waals surface area contributed by atoms with Crippen molar-refractivity contribution in [2.45, 2.75) is 25.4 Å². The molecule has 2 aromatic rings. The SMILES string of the molecule is CN(C(=O)CN(Cc1ccccc1)C1CC1)c1ccccc1. The summed E-state index contributed by atoms with van der Waals surface area (Å²) < 4.78 is 0. The summed E-state index contributed by atoms with van der Waals surface area (Å²) in [4.78, 5) is 16.6. The van der Waals surface area contributed by atoms with E-state index in [-0.39, 0.29) is 5.91 Å². The molecular weight excluding hydrogens is 272 g/mol. The summed E-state index contributed by atoms with van der Waals surface area (Å²) in [5.41, 5.74) is 2.22. The highest BCUT2D eigenvalue weighted by atomic mass is 16.2. The molecule has 0 aromatic heterocycles. The largest absolute Gasteiger partial charge is 0.314 e. The van der Waals surface area contributed by atoms with Crippen LogP contribution in [0.4, 0.5) is 5.69 Å². The van der Waals surface area contributed by atoms with Crippen LogP contribution < -0.4 is 4.90 Å². The highest BCUT2D eigenvalue weighted by Crippen LogP contribution is 2.28. The number of nitrogens with zero attached hydrogens (tertiary/aromatic N) is 2. The molecule has 0 aliphatic heterocycles. The molecule has 1 fully saturated rings. The smallest absolute Gasteiger partial charge is 0.240 e. The minimum absolute atomic E-state index is 0.147. The first kappa shape index (κ1) is 14.8. The van der Waals surface area contributed by atoms with Gasteiger partial charge in [-0.15, -0.1) is 0 Å². The van der Waals surface area contributed by atoms with Gasteiger partial charge in [0.2, 0.25) is 5.91 Å². The molecular formula is C19H22N2O. The summed E-state index contributed by atoms with van der Waals surface area (Å²) in [5.74, 6) is 0.147. The van der Waals surface area contributed by atoms with Crippen LogP contribution in [0.1, 0.15) is 18.4 Å². The standard InChI is InChI=1S/C19H22N2O/c1-20(17-10-6-3-7-11-17)19(22)15-21(18-12-13-18)14-16-8-4-2-5-9-16/h2-11,18H,12-15H2,1H3. The van der Waals surface area contributed by atoms with Gasteiger partial charge in [0.25, 0.3) is 0 Å². The van der Waals surface area contributed by atoms with Gasteiger partial charge in [-0.3, -0.25) is 9.69 Å². The van der Waals surface area contributed by atoms with Gasteiger partial charge in [-0.2, -0.15) is 0 Å². The number of benzene rings is 2. The Kier molecular flexibility index (Phi) is 4.54. The lowest BCUT2D eigenvalue weighted by molar-refractivity contribution is -0.119. The molecule has 0 bridgehead atoms. The number of rotatable bonds is 6. The van der Waals surface area contributed by atoms with Crippen molar-refractivity contribution in [2.75, 3.05) is 18.5 Å². The normalized spacial score (nSPS) is 14.1. The van der Waals surface area contributed by atoms with E-state index >= 15 is 0 Å². The quantitative estimate of drug-likeness (QED) is 0.816. The number of amides is 1. The van der Waals surface area contributed by atoms with Crippen LogP contribution in [0, 0.1) is 0 Å². The number of anilines is 1. The molecule has 0 saturated heterocycles. The van der Waals surface area contributed by atoms with Gasteiger partial charge in [0, 0.05) is 25.3 Å². The van der Waals surface area contributed by atoms with Crippen molar-refractivity contribution in [3.05, 3.63) is 66.2 Å². The van der Waals surface area contributed by atoms with Gasteiger partial charge in [-0.25, -0.2) is 0 Å². The molecule has 3 rings (SSSR count). The Bertz CT molecular complexity index is 608. The topological polar surface area (TPSA) is 23.6 Å². The first-order chi connectivity index (χ1) is 10.7. The lowest BCUT2D eigenvalue weighted by Crippen LogP contribution is -2.39. The first-order valence-electron chi connectivity index (χ1n) is 7.83. The summed E-state index contributed by atoms with van der Waals surface area (Å²) in [5, 5.41) is 0. The maximum atomic E-state index is 12.6. The number of hydrogen-bond acceptors (Lipinski definition) is 2. The Balaban J connectivity index is 1.65. The molecule has 3 heteroatoms. The van der Waals surface area contributed by atoms with Crippen molar-refractivity contribution in [3.8, 4) is 0 Å². The van der Waals surface area contributed by atoms with E-state index in [0.29, 0.717) is 12.6 Å². The van der Waals surface area contributed by atoms with Crippen molar-refractivity contribution in [1.29, 1.82) is 0 Å². The van der Waals surface area contributed by atoms with Crippen LogP contribution in [-0.2, 0) is 11.3 Å². The highest BCUT2D eigenvalue weighted by Gasteiger charge is 2.31. The Morgan fingerprint density at radius 1 is 1.00 bits per heavy atom. The second-order valence-electron chi connectivity index (χ2n) is 5.91. The van der Waals surface area contributed by atoms with Crippen molar-refractivity contribution in [2.24, 2.45) is 0 Å². The minimum Gasteiger partial charge on any atom is -0.314 e. The third-order valence-corrected chi connectivity index (χ3v) is 4.15. The van der Waals surface area contributed by atoms with E-state index in [0.717, 1.165) is 12.2 Å². The molecule has 114 valence electrons. The fourth-order valence-corrected chi connectivity index (χ4v) is 2.65. The third-order valence-electron chi connectivity index (χ3n) is 4.15. The Morgan fingerprint density at radius 2 is 1.59 bits per heavy atom. The van der Waals surface area contributed by atoms with E-state index in [9.17, 15) is 4.79 Å². The molecule has 1 saturated carbocycles. The van der Waals surface area contributed by atoms with E-state index in [1.807, 2.05) is 43.4 Å². The van der Waals surface area contributed by atoms with E-state index in [4.69, 9.17) is 0 Å². The number of carbonyl (C=O) groups is 1. The maximum Gasteiger partial charge on any atom is 0.240 e. The van der Waals surface area contributed by atoms with Crippen LogP contribution in [0.2, 0.25) is 0 Å². The average Bonchev–Trinajstić information content (AvgIpc) is 3.40. The molecule has 0 heterocycles. The maximum absolute atomic E-state index is 12.6. The van der Waals surface area contributed by atoms with Gasteiger partial charge in [-0.1, -0.05) is 48.5 Å². The van der Waals surface area contributed by atoms with E-state index in [1.54, 1.807) is 4.90 Å². The van der Waals surface area contributed by atoms with Gasteiger partial charge < -0.3 is 4.90 Å². The van der Waals surface area contributed by atoms with Crippen molar-refractivity contribution >= 4 is 11.6 Å². The van der Waals surface area contributed by atoms with Crippen LogP contribution in [-0.4, -0.2) is 30.4 Å². The number of para-hydroxylation sites is 1. The Hall–Kier alpha value is -2.13. The molecule has 2 aromatic carbocycles. The molecule has 22 heavy (non-hydrogen) atoms. The zero-order valence-corrected chi connectivity index (χ0v) is 13.0. The molecule has 0 atom stereocenters. The van der Waals surface area contributed by atoms with Crippen molar-refractivity contribution in [1.82, 2.24) is 4.90 Å². The third kappa shape index (κ3) is 3.74. The zero-order valence-electron chi connectivity index (χ0n) is 13.0. The minimum atomic E-state index is 0.147. The predicted octanol–water partition coefficient (Wildman–Crippen LogP) is 3.31. The molecule has 0 spiro atoms. The molecule has 0 N–H and O–H groups in total. The lowest BCUT2D eigenvalue weighted by Gasteiger charge is -2.25. The first-order valence-corrected chi connectivity index (χ1v) is 7.83. The highest BCUT2D eigenvalue weighted by molar-refractivity contribution is 5.94. The Labute approximate surface area is 132 Å². The van der Waals surface area contributed by atoms with Crippen molar-refractivity contribution < 1.29 is 4.79 Å². The summed E-state index contributed by atoms with van der Waals surface area (Å²) >= 11 is 0. The second kappa shape index (κ2) is 6.75. The van der Waals surface area contributed by atoms with E-state index < -0.39 is 0 Å². The number of hydrogen-bond donors (Lipinski definition) is 0. The average molecular weight is 294 g/mol. The number of likely N-dealkylation sites (N-methyl/N-ethyl adjacent to an activating group) is 1. The second-order valence-corrected chi connectivity index (χ2v) is 5.91. The molecule has 3 nitrogen and oxygen atoms in total. The van der Waals surface area contributed by atoms with Gasteiger partial charge in [0.1, 0.15) is 0 Å². The molecule has 1 aliphatic carbocycles. The van der Waals surface area contributed by atoms with Crippen LogP contribution in [0.25, 0.3) is 0 Å². The van der Waals surface area contributed by atoms with Crippen molar-refractivity contribution in [3.63, 3.8) is 0 Å². The number of carbonyl (C=O) groups excluding carboxylic acids is 1. The lowest BCUT2D eigenvalue weighted by atomic mass is 10.2. The van der Waals surface area contributed by atoms with Gasteiger partial charge >= 0.3 is 0 Å². The van der Waals surface area contributed by atoms with E-state index in [2.05, 4.69) is 29.2 Å². The Morgan fingerprint density at radius 3 is 2.18 bits per heavy atom. The van der Waals surface area contributed by atoms with E-state index in [1.165, 1.54) is 18.4 Å². The summed E-state index contributed by atoms with van der Waals surface area (Å²) in [6, 6.07) is 20.8. The van der Waals surface area contributed by atoms with Gasteiger partial charge in [0.05, 0.1) is 6.54 Å². The van der Waals surface area contributed by atoms with Gasteiger partial charge in [0.15, 0.2) is 0 Å². The fourth-order valence-electron chi connectivity index (χ4n) is 2.65. The summed E-state index contributed by atoms with van der Waals surface area (Å²) in [7, 11) is 1.85. The van der Waals surface area contributed by atoms with Crippen LogP contribution in [0.5, 0.6) is 0 Å². The van der Waals surface area contributed by atoms with Crippen LogP contribution in [0.3, 0.4) is 0 Å².